The van der Waals surface area contributed by atoms with Crippen molar-refractivity contribution in [2.24, 2.45) is 5.92 Å². The Kier molecular flexibility index (Phi) is 6.09. The van der Waals surface area contributed by atoms with Crippen LogP contribution in [0.5, 0.6) is 0 Å². The van der Waals surface area contributed by atoms with Gasteiger partial charge in [0.05, 0.1) is 12.5 Å². The number of piperidine rings is 1. The van der Waals surface area contributed by atoms with Gasteiger partial charge in [0, 0.05) is 24.0 Å². The number of furan rings is 1. The van der Waals surface area contributed by atoms with E-state index in [1.807, 2.05) is 61.5 Å². The maximum absolute atomic E-state index is 12.1. The summed E-state index contributed by atoms with van der Waals surface area (Å²) in [6, 6.07) is 17.9. The average molecular weight is 438 g/mol. The molecule has 1 saturated heterocycles. The van der Waals surface area contributed by atoms with Gasteiger partial charge in [-0.1, -0.05) is 42.5 Å². The Morgan fingerprint density at radius 3 is 2.55 bits per heavy atom. The highest BCUT2D eigenvalue weighted by atomic mass is 35.5. The molecule has 0 saturated carbocycles. The van der Waals surface area contributed by atoms with Gasteiger partial charge in [0.15, 0.2) is 17.2 Å². The van der Waals surface area contributed by atoms with Crippen LogP contribution in [0.3, 0.4) is 0 Å². The summed E-state index contributed by atoms with van der Waals surface area (Å²) in [6.07, 6.45) is 1.48. The van der Waals surface area contributed by atoms with Crippen LogP contribution in [0.4, 0.5) is 5.82 Å². The maximum Gasteiger partial charge on any atom is 1.00 e. The fraction of sp³-hybridized carbons (Fsp3) is 0.292. The number of anilines is 1. The van der Waals surface area contributed by atoms with Crippen LogP contribution >= 0.6 is 0 Å². The van der Waals surface area contributed by atoms with E-state index in [1.165, 1.54) is 0 Å². The Bertz CT molecular complexity index is 1210. The molecule has 4 aromatic rings. The molecule has 160 valence electrons. The smallest absolute Gasteiger partial charge is 1.00 e. The summed E-state index contributed by atoms with van der Waals surface area (Å²) in [5.41, 5.74) is 3.29. The van der Waals surface area contributed by atoms with Crippen molar-refractivity contribution in [2.75, 3.05) is 24.6 Å². The van der Waals surface area contributed by atoms with Gasteiger partial charge < -0.3 is 26.5 Å². The zero-order chi connectivity index (χ0) is 20.5. The van der Waals surface area contributed by atoms with Crippen molar-refractivity contribution in [3.05, 3.63) is 54.6 Å². The van der Waals surface area contributed by atoms with Crippen LogP contribution in [0.25, 0.3) is 33.5 Å². The molecule has 0 atom stereocenters. The molecule has 1 aliphatic heterocycles. The molecule has 0 bridgehead atoms. The second-order valence-corrected chi connectivity index (χ2v) is 7.53. The summed E-state index contributed by atoms with van der Waals surface area (Å²) in [7, 11) is 0. The summed E-state index contributed by atoms with van der Waals surface area (Å²) in [5.74, 6) is 1.32. The van der Waals surface area contributed by atoms with Crippen LogP contribution in [0.2, 0.25) is 0 Å². The normalized spacial score (nSPS) is 14.5. The zero-order valence-corrected chi connectivity index (χ0v) is 18.0. The van der Waals surface area contributed by atoms with Crippen molar-refractivity contribution < 1.29 is 27.8 Å². The van der Waals surface area contributed by atoms with Gasteiger partial charge in [-0.05, 0) is 31.9 Å². The van der Waals surface area contributed by atoms with E-state index in [4.69, 9.17) is 19.1 Å². The number of nitrogens with zero attached hydrogens (tertiary/aromatic N) is 3. The molecule has 0 unspecified atom stereocenters. The summed E-state index contributed by atoms with van der Waals surface area (Å²) in [5, 5.41) is 0.981. The molecule has 0 radical (unpaired) electrons. The number of carbonyl (C=O) groups is 1. The predicted molar refractivity (Wildman–Crippen MR) is 117 cm³/mol. The minimum Gasteiger partial charge on any atom is -1.00 e. The maximum atomic E-state index is 12.1. The molecule has 31 heavy (non-hydrogen) atoms. The molecular weight excluding hydrogens is 414 g/mol. The first-order chi connectivity index (χ1) is 14.7. The topological polar surface area (TPSA) is 68.5 Å². The third-order valence-electron chi connectivity index (χ3n) is 5.65. The minimum absolute atomic E-state index is 0. The molecule has 7 heteroatoms. The molecule has 3 heterocycles. The number of fused-ring (bicyclic) bond motifs is 3. The Hall–Kier alpha value is -3.12. The lowest BCUT2D eigenvalue weighted by atomic mass is 9.97. The van der Waals surface area contributed by atoms with Crippen molar-refractivity contribution in [3.63, 3.8) is 0 Å². The van der Waals surface area contributed by atoms with E-state index < -0.39 is 0 Å². The third-order valence-corrected chi connectivity index (χ3v) is 5.65. The van der Waals surface area contributed by atoms with E-state index in [0.29, 0.717) is 18.0 Å². The largest absolute Gasteiger partial charge is 1.00 e. The highest BCUT2D eigenvalue weighted by molar-refractivity contribution is 6.06. The quantitative estimate of drug-likeness (QED) is 0.454. The number of para-hydroxylation sites is 1. The second-order valence-electron chi connectivity index (χ2n) is 7.53. The molecule has 1 aliphatic rings. The number of aromatic nitrogens is 2. The number of rotatable bonds is 4. The first-order valence-electron chi connectivity index (χ1n) is 10.4. The molecule has 0 aliphatic carbocycles. The van der Waals surface area contributed by atoms with Crippen LogP contribution < -0.4 is 17.3 Å². The Morgan fingerprint density at radius 1 is 1.10 bits per heavy atom. The number of carbonyl (C=O) groups excluding carboxylic acids is 1. The molecule has 0 spiro atoms. The lowest BCUT2D eigenvalue weighted by molar-refractivity contribution is -0.148. The van der Waals surface area contributed by atoms with Crippen molar-refractivity contribution in [3.8, 4) is 11.4 Å². The highest BCUT2D eigenvalue weighted by Crippen LogP contribution is 2.36. The predicted octanol–water partition coefficient (Wildman–Crippen LogP) is 1.94. The molecule has 1 fully saturated rings. The molecule has 0 N–H and O–H groups in total. The van der Waals surface area contributed by atoms with Gasteiger partial charge in [-0.15, -0.1) is 0 Å². The van der Waals surface area contributed by atoms with E-state index in [-0.39, 0.29) is 25.7 Å². The molecule has 6 nitrogen and oxygen atoms in total. The van der Waals surface area contributed by atoms with Gasteiger partial charge in [-0.3, -0.25) is 4.79 Å². The fourth-order valence-electron chi connectivity index (χ4n) is 4.09. The Balaban J connectivity index is 0.00000144. The number of esters is 1. The van der Waals surface area contributed by atoms with Crippen LogP contribution in [-0.2, 0) is 9.53 Å². The first kappa shape index (κ1) is 21.1. The van der Waals surface area contributed by atoms with Crippen LogP contribution in [0.1, 0.15) is 21.2 Å². The van der Waals surface area contributed by atoms with E-state index in [1.54, 1.807) is 0 Å². The van der Waals surface area contributed by atoms with Crippen molar-refractivity contribution in [1.29, 1.82) is 0 Å². The average Bonchev–Trinajstić information content (AvgIpc) is 3.18. The molecule has 2 aromatic heterocycles. The summed E-state index contributed by atoms with van der Waals surface area (Å²) in [6.45, 7) is 3.71. The minimum atomic E-state index is -0.0984. The number of ether oxygens (including phenoxy) is 1. The van der Waals surface area contributed by atoms with Gasteiger partial charge in [-0.2, -0.15) is 0 Å². The summed E-state index contributed by atoms with van der Waals surface area (Å²) in [4.78, 5) is 24.1. The number of halogens is 1. The number of hydrogen-bond donors (Lipinski definition) is 0. The monoisotopic (exact) mass is 437 g/mol. The molecule has 5 rings (SSSR count). The van der Waals surface area contributed by atoms with Gasteiger partial charge >= 0.3 is 7.40 Å². The van der Waals surface area contributed by atoms with E-state index in [0.717, 1.165) is 53.8 Å². The van der Waals surface area contributed by atoms with Crippen LogP contribution in [0, 0.1) is 5.92 Å². The van der Waals surface area contributed by atoms with Gasteiger partial charge in [-0.25, -0.2) is 9.97 Å². The Labute approximate surface area is 188 Å². The first-order valence-corrected chi connectivity index (χ1v) is 10.4. The van der Waals surface area contributed by atoms with Crippen molar-refractivity contribution >= 4 is 33.9 Å². The van der Waals surface area contributed by atoms with Crippen LogP contribution in [0.15, 0.2) is 59.0 Å². The van der Waals surface area contributed by atoms with Gasteiger partial charge in [0.2, 0.25) is 0 Å². The lowest BCUT2D eigenvalue weighted by Gasteiger charge is -2.31. The second kappa shape index (κ2) is 8.94. The lowest BCUT2D eigenvalue weighted by Crippen LogP contribution is -3.00. The highest BCUT2D eigenvalue weighted by Gasteiger charge is 2.29. The molecule has 0 amide bonds. The molecule has 2 aromatic carbocycles. The van der Waals surface area contributed by atoms with Crippen molar-refractivity contribution in [2.45, 2.75) is 19.8 Å². The van der Waals surface area contributed by atoms with E-state index in [2.05, 4.69) is 4.90 Å². The van der Waals surface area contributed by atoms with Gasteiger partial charge in [0.1, 0.15) is 11.1 Å². The standard InChI is InChI=1S/C24H23N3O3.ClH/c1-2-29-24(28)17-12-14-27(15-13-17)23-21-20(18-10-6-7-11-19(18)30-21)25-22(26-23)16-8-4-3-5-9-16;/h3-11,17H,2,12-15H2,1H3;1H. The Morgan fingerprint density at radius 2 is 1.81 bits per heavy atom. The number of hydrogen-bond acceptors (Lipinski definition) is 6. The van der Waals surface area contributed by atoms with Gasteiger partial charge in [0.25, 0.3) is 0 Å². The fourth-order valence-corrected chi connectivity index (χ4v) is 4.09. The molecular formula is C24H24ClN3O3. The summed E-state index contributed by atoms with van der Waals surface area (Å²) >= 11 is 0. The SMILES string of the molecule is CCOC(=O)C1CCN(c2nc(-c3ccccc3)nc3c2oc2ccccc23)CC1.[Cl-].[H+]. The van der Waals surface area contributed by atoms with E-state index >= 15 is 0 Å². The zero-order valence-electron chi connectivity index (χ0n) is 18.3. The van der Waals surface area contributed by atoms with Crippen LogP contribution in [-0.4, -0.2) is 35.6 Å². The summed E-state index contributed by atoms with van der Waals surface area (Å²) < 4.78 is 11.4. The van der Waals surface area contributed by atoms with Crippen molar-refractivity contribution in [1.82, 2.24) is 9.97 Å². The number of benzene rings is 2. The van der Waals surface area contributed by atoms with E-state index in [9.17, 15) is 4.79 Å². The third kappa shape index (κ3) is 3.95.